The molecule has 108 valence electrons. The second kappa shape index (κ2) is 6.36. The zero-order chi connectivity index (χ0) is 14.7. The first-order chi connectivity index (χ1) is 10.3. The van der Waals surface area contributed by atoms with Crippen molar-refractivity contribution in [1.29, 1.82) is 0 Å². The van der Waals surface area contributed by atoms with Gasteiger partial charge in [-0.15, -0.1) is 11.8 Å². The average molecular weight is 318 g/mol. The van der Waals surface area contributed by atoms with E-state index < -0.39 is 0 Å². The number of hydrogen-bond donors (Lipinski definition) is 1. The predicted octanol–water partition coefficient (Wildman–Crippen LogP) is 2.29. The van der Waals surface area contributed by atoms with Crippen molar-refractivity contribution in [3.63, 3.8) is 0 Å². The number of fused-ring (bicyclic) bond motifs is 1. The van der Waals surface area contributed by atoms with E-state index in [-0.39, 0.29) is 5.91 Å². The van der Waals surface area contributed by atoms with Gasteiger partial charge in [0.2, 0.25) is 5.91 Å². The Labute approximate surface area is 131 Å². The van der Waals surface area contributed by atoms with Gasteiger partial charge in [0.05, 0.1) is 11.4 Å². The van der Waals surface area contributed by atoms with Crippen LogP contribution >= 0.6 is 23.5 Å². The smallest absolute Gasteiger partial charge is 0.237 e. The van der Waals surface area contributed by atoms with Gasteiger partial charge in [-0.1, -0.05) is 23.9 Å². The van der Waals surface area contributed by atoms with Crippen LogP contribution in [0.1, 0.15) is 0 Å². The van der Waals surface area contributed by atoms with E-state index in [4.69, 9.17) is 5.73 Å². The molecule has 2 aromatic rings. The van der Waals surface area contributed by atoms with Crippen LogP contribution in [0, 0.1) is 0 Å². The van der Waals surface area contributed by atoms with Gasteiger partial charge < -0.3 is 10.6 Å². The number of benzene rings is 1. The first-order valence-corrected chi connectivity index (χ1v) is 8.44. The summed E-state index contributed by atoms with van der Waals surface area (Å²) >= 11 is 3.11. The lowest BCUT2D eigenvalue weighted by atomic mass is 10.3. The summed E-state index contributed by atoms with van der Waals surface area (Å²) in [5.41, 5.74) is 6.73. The van der Waals surface area contributed by atoms with Crippen molar-refractivity contribution in [1.82, 2.24) is 9.97 Å². The van der Waals surface area contributed by atoms with Crippen molar-refractivity contribution in [2.45, 2.75) is 9.92 Å². The van der Waals surface area contributed by atoms with Gasteiger partial charge in [0.15, 0.2) is 5.82 Å². The third kappa shape index (κ3) is 3.14. The van der Waals surface area contributed by atoms with Crippen LogP contribution in [0.25, 0.3) is 0 Å². The number of thioether (sulfide) groups is 2. The number of para-hydroxylation sites is 1. The minimum Gasteiger partial charge on any atom is -0.381 e. The van der Waals surface area contributed by atoms with Crippen molar-refractivity contribution in [2.24, 2.45) is 0 Å². The molecule has 0 unspecified atom stereocenters. The van der Waals surface area contributed by atoms with Gasteiger partial charge in [-0.3, -0.25) is 4.79 Å². The monoisotopic (exact) mass is 318 g/mol. The summed E-state index contributed by atoms with van der Waals surface area (Å²) in [6.45, 7) is 0.733. The van der Waals surface area contributed by atoms with Crippen LogP contribution in [0.3, 0.4) is 0 Å². The molecular weight excluding hydrogens is 304 g/mol. The van der Waals surface area contributed by atoms with Crippen molar-refractivity contribution >= 4 is 40.9 Å². The fourth-order valence-corrected chi connectivity index (χ4v) is 3.83. The van der Waals surface area contributed by atoms with Crippen LogP contribution in [0.5, 0.6) is 0 Å². The maximum atomic E-state index is 12.5. The summed E-state index contributed by atoms with van der Waals surface area (Å²) in [5, 5.41) is 0.602. The Kier molecular flexibility index (Phi) is 4.31. The summed E-state index contributed by atoms with van der Waals surface area (Å²) in [4.78, 5) is 23.6. The zero-order valence-electron chi connectivity index (χ0n) is 11.2. The third-order valence-corrected chi connectivity index (χ3v) is 5.08. The molecule has 5 nitrogen and oxygen atoms in total. The van der Waals surface area contributed by atoms with E-state index in [2.05, 4.69) is 9.97 Å². The molecule has 1 amide bonds. The van der Waals surface area contributed by atoms with E-state index in [0.29, 0.717) is 16.6 Å². The predicted molar refractivity (Wildman–Crippen MR) is 86.7 cm³/mol. The van der Waals surface area contributed by atoms with Gasteiger partial charge in [0, 0.05) is 29.6 Å². The molecule has 1 aliphatic rings. The third-order valence-electron chi connectivity index (χ3n) is 3.05. The topological polar surface area (TPSA) is 72.1 Å². The number of hydrogen-bond acceptors (Lipinski definition) is 6. The molecule has 0 atom stereocenters. The van der Waals surface area contributed by atoms with Crippen LogP contribution in [-0.4, -0.2) is 33.9 Å². The van der Waals surface area contributed by atoms with E-state index in [1.807, 2.05) is 29.2 Å². The number of nitrogen functional groups attached to an aromatic ring is 1. The maximum Gasteiger partial charge on any atom is 0.237 e. The molecule has 2 heterocycles. The number of rotatable bonds is 3. The quantitative estimate of drug-likeness (QED) is 0.876. The Bertz CT molecular complexity index is 665. The molecule has 1 aliphatic heterocycles. The first kappa shape index (κ1) is 14.2. The summed E-state index contributed by atoms with van der Waals surface area (Å²) in [6.07, 6.45) is 3.12. The summed E-state index contributed by atoms with van der Waals surface area (Å²) < 4.78 is 0. The van der Waals surface area contributed by atoms with Gasteiger partial charge in [0.25, 0.3) is 0 Å². The van der Waals surface area contributed by atoms with Crippen LogP contribution < -0.4 is 10.6 Å². The van der Waals surface area contributed by atoms with Gasteiger partial charge in [-0.2, -0.15) is 0 Å². The standard InChI is InChI=1S/C14H14N4OS2/c15-13-14(17-6-5-16-13)21-9-12(19)18-7-8-20-11-4-2-1-3-10(11)18/h1-6H,7-9H2,(H2,15,16). The molecule has 1 aromatic heterocycles. The number of anilines is 2. The molecule has 1 aromatic carbocycles. The highest BCUT2D eigenvalue weighted by atomic mass is 32.2. The highest BCUT2D eigenvalue weighted by molar-refractivity contribution is 8.00. The Morgan fingerprint density at radius 2 is 2.14 bits per heavy atom. The Hall–Kier alpha value is -1.73. The molecule has 0 fully saturated rings. The number of amides is 1. The molecule has 0 radical (unpaired) electrons. The van der Waals surface area contributed by atoms with Crippen molar-refractivity contribution in [2.75, 3.05) is 28.7 Å². The molecule has 0 spiro atoms. The lowest BCUT2D eigenvalue weighted by Gasteiger charge is -2.28. The number of aromatic nitrogens is 2. The van der Waals surface area contributed by atoms with Gasteiger partial charge in [0.1, 0.15) is 5.03 Å². The van der Waals surface area contributed by atoms with Crippen LogP contribution in [0.2, 0.25) is 0 Å². The number of nitrogens with two attached hydrogens (primary N) is 1. The Morgan fingerprint density at radius 1 is 1.33 bits per heavy atom. The van der Waals surface area contributed by atoms with Crippen LogP contribution in [0.15, 0.2) is 46.6 Å². The molecule has 0 saturated carbocycles. The average Bonchev–Trinajstić information content (AvgIpc) is 2.53. The lowest BCUT2D eigenvalue weighted by Crippen LogP contribution is -2.36. The molecule has 21 heavy (non-hydrogen) atoms. The van der Waals surface area contributed by atoms with Crippen molar-refractivity contribution in [3.8, 4) is 0 Å². The minimum atomic E-state index is 0.0674. The molecule has 7 heteroatoms. The van der Waals surface area contributed by atoms with Crippen LogP contribution in [0.4, 0.5) is 11.5 Å². The van der Waals surface area contributed by atoms with Crippen molar-refractivity contribution < 1.29 is 4.79 Å². The second-order valence-electron chi connectivity index (χ2n) is 4.40. The fraction of sp³-hybridized carbons (Fsp3) is 0.214. The van der Waals surface area contributed by atoms with E-state index in [1.165, 1.54) is 11.8 Å². The summed E-state index contributed by atoms with van der Waals surface area (Å²) in [5.74, 6) is 1.66. The highest BCUT2D eigenvalue weighted by Crippen LogP contribution is 2.34. The maximum absolute atomic E-state index is 12.5. The van der Waals surface area contributed by atoms with Crippen molar-refractivity contribution in [3.05, 3.63) is 36.7 Å². The molecular formula is C14H14N4OS2. The number of carbonyl (C=O) groups excluding carboxylic acids is 1. The molecule has 0 aliphatic carbocycles. The minimum absolute atomic E-state index is 0.0674. The summed E-state index contributed by atoms with van der Waals surface area (Å²) in [7, 11) is 0. The van der Waals surface area contributed by atoms with Gasteiger partial charge in [-0.05, 0) is 12.1 Å². The van der Waals surface area contributed by atoms with E-state index in [9.17, 15) is 4.79 Å². The number of carbonyl (C=O) groups is 1. The molecule has 3 rings (SSSR count). The number of nitrogens with zero attached hydrogens (tertiary/aromatic N) is 3. The van der Waals surface area contributed by atoms with Crippen LogP contribution in [-0.2, 0) is 4.79 Å². The largest absolute Gasteiger partial charge is 0.381 e. The molecule has 0 saturated heterocycles. The first-order valence-electron chi connectivity index (χ1n) is 6.47. The Morgan fingerprint density at radius 3 is 3.00 bits per heavy atom. The normalized spacial score (nSPS) is 13.8. The SMILES string of the molecule is Nc1nccnc1SCC(=O)N1CCSc2ccccc21. The Balaban J connectivity index is 1.71. The molecule has 2 N–H and O–H groups in total. The zero-order valence-corrected chi connectivity index (χ0v) is 12.9. The van der Waals surface area contributed by atoms with Gasteiger partial charge >= 0.3 is 0 Å². The fourth-order valence-electron chi connectivity index (χ4n) is 2.08. The van der Waals surface area contributed by atoms with E-state index in [1.54, 1.807) is 24.2 Å². The van der Waals surface area contributed by atoms with Gasteiger partial charge in [-0.25, -0.2) is 9.97 Å². The van der Waals surface area contributed by atoms with E-state index in [0.717, 1.165) is 22.9 Å². The van der Waals surface area contributed by atoms with E-state index >= 15 is 0 Å². The highest BCUT2D eigenvalue weighted by Gasteiger charge is 2.22. The second-order valence-corrected chi connectivity index (χ2v) is 6.50. The lowest BCUT2D eigenvalue weighted by molar-refractivity contribution is -0.116. The summed E-state index contributed by atoms with van der Waals surface area (Å²) in [6, 6.07) is 7.99. The molecule has 0 bridgehead atoms.